The zero-order valence-electron chi connectivity index (χ0n) is 25.0. The van der Waals surface area contributed by atoms with E-state index in [-0.39, 0.29) is 22.6 Å². The maximum absolute atomic E-state index is 13.7. The molecule has 0 saturated heterocycles. The van der Waals surface area contributed by atoms with Crippen molar-refractivity contribution in [3.8, 4) is 22.6 Å². The smallest absolute Gasteiger partial charge is 0.230 e. The topological polar surface area (TPSA) is 76.7 Å². The van der Waals surface area contributed by atoms with E-state index in [0.29, 0.717) is 11.5 Å². The molecule has 222 valence electrons. The molecule has 0 aliphatic heterocycles. The molecular weight excluding hydrogens is 524 g/mol. The standard InChI is InChI=1S/C36H44N2O4/c1-41-31-13-27(3-5-29(31)37-33(39)35-15-21-7-22(16-35)9-23(8-21)17-35)28-4-6-30(32(14-28)42-2)38-34(40)36-18-24-10-25(19-36)12-26(11-24)20-36/h3-6,13-14,21-26H,7-12,15-20H2,1-2H3,(H,37,39)(H,38,40). The fourth-order valence-corrected chi connectivity index (χ4v) is 11.2. The number of hydrogen-bond acceptors (Lipinski definition) is 4. The van der Waals surface area contributed by atoms with Gasteiger partial charge in [0.05, 0.1) is 36.4 Å². The molecule has 0 unspecified atom stereocenters. The average Bonchev–Trinajstić information content (AvgIpc) is 2.96. The van der Waals surface area contributed by atoms with Crippen LogP contribution in [-0.4, -0.2) is 26.0 Å². The zero-order chi connectivity index (χ0) is 28.6. The number of hydrogen-bond donors (Lipinski definition) is 2. The van der Waals surface area contributed by atoms with Gasteiger partial charge in [-0.1, -0.05) is 12.1 Å². The summed E-state index contributed by atoms with van der Waals surface area (Å²) in [7, 11) is 3.31. The number of carbonyl (C=O) groups is 2. The number of amides is 2. The highest BCUT2D eigenvalue weighted by Crippen LogP contribution is 2.61. The van der Waals surface area contributed by atoms with Crippen molar-refractivity contribution in [2.45, 2.75) is 77.0 Å². The van der Waals surface area contributed by atoms with Crippen LogP contribution >= 0.6 is 0 Å². The first kappa shape index (κ1) is 26.6. The van der Waals surface area contributed by atoms with E-state index < -0.39 is 0 Å². The van der Waals surface area contributed by atoms with E-state index in [1.807, 2.05) is 36.4 Å². The van der Waals surface area contributed by atoms with Gasteiger partial charge in [0.25, 0.3) is 0 Å². The first-order valence-electron chi connectivity index (χ1n) is 16.3. The summed E-state index contributed by atoms with van der Waals surface area (Å²) < 4.78 is 11.5. The van der Waals surface area contributed by atoms with E-state index in [0.717, 1.165) is 96.5 Å². The van der Waals surface area contributed by atoms with E-state index in [9.17, 15) is 9.59 Å². The van der Waals surface area contributed by atoms with Gasteiger partial charge in [-0.15, -0.1) is 0 Å². The molecule has 8 aliphatic carbocycles. The molecule has 2 aromatic carbocycles. The molecule has 8 bridgehead atoms. The molecule has 0 radical (unpaired) electrons. The van der Waals surface area contributed by atoms with Crippen molar-refractivity contribution in [2.24, 2.45) is 46.3 Å². The Hall–Kier alpha value is -3.02. The molecule has 0 aromatic heterocycles. The fraction of sp³-hybridized carbons (Fsp3) is 0.611. The minimum atomic E-state index is -0.206. The van der Waals surface area contributed by atoms with Crippen molar-refractivity contribution in [3.05, 3.63) is 36.4 Å². The highest BCUT2D eigenvalue weighted by molar-refractivity contribution is 5.98. The van der Waals surface area contributed by atoms with Crippen LogP contribution in [0.2, 0.25) is 0 Å². The lowest BCUT2D eigenvalue weighted by Crippen LogP contribution is -2.51. The summed E-state index contributed by atoms with van der Waals surface area (Å²) in [5, 5.41) is 6.54. The van der Waals surface area contributed by atoms with Crippen molar-refractivity contribution in [2.75, 3.05) is 24.9 Å². The molecule has 2 N–H and O–H groups in total. The summed E-state index contributed by atoms with van der Waals surface area (Å²) in [6.45, 7) is 0. The molecule has 8 fully saturated rings. The maximum Gasteiger partial charge on any atom is 0.230 e. The van der Waals surface area contributed by atoms with Gasteiger partial charge in [-0.25, -0.2) is 0 Å². The largest absolute Gasteiger partial charge is 0.495 e. The van der Waals surface area contributed by atoms with Crippen LogP contribution in [0.5, 0.6) is 11.5 Å². The molecule has 10 rings (SSSR count). The lowest BCUT2D eigenvalue weighted by molar-refractivity contribution is -0.141. The summed E-state index contributed by atoms with van der Waals surface area (Å²) in [4.78, 5) is 27.4. The van der Waals surface area contributed by atoms with Gasteiger partial charge in [0, 0.05) is 0 Å². The number of rotatable bonds is 7. The normalized spacial score (nSPS) is 37.0. The average molecular weight is 569 g/mol. The Balaban J connectivity index is 0.999. The third kappa shape index (κ3) is 4.34. The molecule has 2 amide bonds. The van der Waals surface area contributed by atoms with Crippen LogP contribution in [0.3, 0.4) is 0 Å². The first-order chi connectivity index (χ1) is 20.3. The lowest BCUT2D eigenvalue weighted by atomic mass is 9.49. The predicted octanol–water partition coefficient (Wildman–Crippen LogP) is 7.68. The van der Waals surface area contributed by atoms with Crippen molar-refractivity contribution < 1.29 is 19.1 Å². The Morgan fingerprint density at radius 2 is 0.881 bits per heavy atom. The Kier molecular flexibility index (Phi) is 6.18. The Morgan fingerprint density at radius 1 is 0.571 bits per heavy atom. The highest BCUT2D eigenvalue weighted by atomic mass is 16.5. The third-order valence-corrected chi connectivity index (χ3v) is 12.3. The van der Waals surface area contributed by atoms with Crippen LogP contribution < -0.4 is 20.1 Å². The van der Waals surface area contributed by atoms with E-state index in [1.54, 1.807) is 14.2 Å². The monoisotopic (exact) mass is 568 g/mol. The van der Waals surface area contributed by atoms with E-state index in [1.165, 1.54) is 38.5 Å². The minimum Gasteiger partial charge on any atom is -0.495 e. The molecular formula is C36H44N2O4. The molecule has 2 aromatic rings. The Bertz CT molecular complexity index is 1250. The van der Waals surface area contributed by atoms with Gasteiger partial charge in [-0.3, -0.25) is 9.59 Å². The second kappa shape index (κ2) is 9.75. The van der Waals surface area contributed by atoms with Crippen molar-refractivity contribution in [1.82, 2.24) is 0 Å². The quantitative estimate of drug-likeness (QED) is 0.359. The van der Waals surface area contributed by atoms with Crippen LogP contribution in [0.1, 0.15) is 77.0 Å². The molecule has 8 aliphatic rings. The van der Waals surface area contributed by atoms with Gasteiger partial charge < -0.3 is 20.1 Å². The number of methoxy groups -OCH3 is 2. The zero-order valence-corrected chi connectivity index (χ0v) is 25.0. The summed E-state index contributed by atoms with van der Waals surface area (Å²) in [6, 6.07) is 11.9. The van der Waals surface area contributed by atoms with Gasteiger partial charge in [-0.2, -0.15) is 0 Å². The maximum atomic E-state index is 13.7. The van der Waals surface area contributed by atoms with Gasteiger partial charge in [-0.05, 0) is 148 Å². The van der Waals surface area contributed by atoms with E-state index in [4.69, 9.17) is 9.47 Å². The molecule has 6 nitrogen and oxygen atoms in total. The molecule has 0 heterocycles. The molecule has 0 spiro atoms. The number of carbonyl (C=O) groups excluding carboxylic acids is 2. The lowest BCUT2D eigenvalue weighted by Gasteiger charge is -2.55. The van der Waals surface area contributed by atoms with Crippen LogP contribution in [0.25, 0.3) is 11.1 Å². The molecule has 6 heteroatoms. The second-order valence-corrected chi connectivity index (χ2v) is 15.1. The van der Waals surface area contributed by atoms with Crippen molar-refractivity contribution >= 4 is 23.2 Å². The summed E-state index contributed by atoms with van der Waals surface area (Å²) in [5.41, 5.74) is 2.99. The fourth-order valence-electron chi connectivity index (χ4n) is 11.2. The van der Waals surface area contributed by atoms with Gasteiger partial charge in [0.2, 0.25) is 11.8 Å². The summed E-state index contributed by atoms with van der Waals surface area (Å²) in [6.07, 6.45) is 14.1. The van der Waals surface area contributed by atoms with Gasteiger partial charge in [0.1, 0.15) is 11.5 Å². The number of benzene rings is 2. The molecule has 8 saturated carbocycles. The van der Waals surface area contributed by atoms with Crippen LogP contribution in [0.4, 0.5) is 11.4 Å². The van der Waals surface area contributed by atoms with E-state index >= 15 is 0 Å². The summed E-state index contributed by atoms with van der Waals surface area (Å²) in [5.74, 6) is 6.00. The first-order valence-corrected chi connectivity index (χ1v) is 16.3. The predicted molar refractivity (Wildman–Crippen MR) is 163 cm³/mol. The van der Waals surface area contributed by atoms with Crippen LogP contribution in [-0.2, 0) is 9.59 Å². The van der Waals surface area contributed by atoms with Crippen LogP contribution in [0, 0.1) is 46.3 Å². The number of anilines is 2. The van der Waals surface area contributed by atoms with Crippen LogP contribution in [0.15, 0.2) is 36.4 Å². The second-order valence-electron chi connectivity index (χ2n) is 15.1. The van der Waals surface area contributed by atoms with Gasteiger partial charge >= 0.3 is 0 Å². The Morgan fingerprint density at radius 3 is 1.17 bits per heavy atom. The van der Waals surface area contributed by atoms with Gasteiger partial charge in [0.15, 0.2) is 0 Å². The van der Waals surface area contributed by atoms with Crippen molar-refractivity contribution in [1.29, 1.82) is 0 Å². The molecule has 0 atom stereocenters. The SMILES string of the molecule is COc1cc(-c2ccc(NC(=O)C34CC5CC(CC(C5)C3)C4)c(OC)c2)ccc1NC(=O)C12CC3CC(CC(C3)C1)C2. The number of nitrogens with one attached hydrogen (secondary N) is 2. The van der Waals surface area contributed by atoms with Crippen molar-refractivity contribution in [3.63, 3.8) is 0 Å². The molecule has 42 heavy (non-hydrogen) atoms. The minimum absolute atomic E-state index is 0.174. The third-order valence-electron chi connectivity index (χ3n) is 12.3. The van der Waals surface area contributed by atoms with E-state index in [2.05, 4.69) is 10.6 Å². The highest BCUT2D eigenvalue weighted by Gasteiger charge is 2.55. The number of ether oxygens (including phenoxy) is 2. The Labute approximate surface area is 249 Å². The summed E-state index contributed by atoms with van der Waals surface area (Å²) >= 11 is 0.